The van der Waals surface area contributed by atoms with Gasteiger partial charge in [0.2, 0.25) is 0 Å². The summed E-state index contributed by atoms with van der Waals surface area (Å²) in [5.41, 5.74) is 21.2. The zero-order valence-electron chi connectivity index (χ0n) is 34.5. The highest BCUT2D eigenvalue weighted by molar-refractivity contribution is 5.99. The first kappa shape index (κ1) is 36.3. The molecule has 0 fully saturated rings. The van der Waals surface area contributed by atoms with E-state index in [9.17, 15) is 0 Å². The summed E-state index contributed by atoms with van der Waals surface area (Å²) < 4.78 is 0. The Morgan fingerprint density at radius 2 is 0.817 bits per heavy atom. The second-order valence-corrected chi connectivity index (χ2v) is 17.7. The minimum Gasteiger partial charge on any atom is -0.350 e. The molecule has 60 heavy (non-hydrogen) atoms. The van der Waals surface area contributed by atoms with E-state index in [4.69, 9.17) is 4.99 Å². The molecule has 2 atom stereocenters. The Morgan fingerprint density at radius 3 is 1.37 bits per heavy atom. The summed E-state index contributed by atoms with van der Waals surface area (Å²) in [4.78, 5) is 5.44. The third-order valence-electron chi connectivity index (χ3n) is 13.4. The van der Waals surface area contributed by atoms with Crippen molar-refractivity contribution in [1.29, 1.82) is 0 Å². The summed E-state index contributed by atoms with van der Waals surface area (Å²) in [7, 11) is 0. The lowest BCUT2D eigenvalue weighted by atomic mass is 9.82. The molecule has 0 spiro atoms. The van der Waals surface area contributed by atoms with Crippen molar-refractivity contribution in [2.45, 2.75) is 50.9 Å². The number of nitrogens with zero attached hydrogens (tertiary/aromatic N) is 1. The van der Waals surface area contributed by atoms with Crippen molar-refractivity contribution in [1.82, 2.24) is 10.6 Å². The molecule has 3 aliphatic rings. The highest BCUT2D eigenvalue weighted by Crippen LogP contribution is 2.51. The summed E-state index contributed by atoms with van der Waals surface area (Å²) >= 11 is 0. The van der Waals surface area contributed by atoms with Gasteiger partial charge in [-0.2, -0.15) is 0 Å². The molecule has 8 aromatic carbocycles. The van der Waals surface area contributed by atoms with Crippen LogP contribution in [0, 0.1) is 0 Å². The van der Waals surface area contributed by atoms with Crippen LogP contribution in [-0.4, -0.2) is 5.84 Å². The fourth-order valence-corrected chi connectivity index (χ4v) is 10.1. The smallest absolute Gasteiger partial charge is 0.131 e. The van der Waals surface area contributed by atoms with Gasteiger partial charge >= 0.3 is 0 Å². The van der Waals surface area contributed by atoms with E-state index in [1.165, 1.54) is 77.9 Å². The maximum atomic E-state index is 5.44. The first-order chi connectivity index (χ1) is 29.2. The molecule has 11 rings (SSSR count). The van der Waals surface area contributed by atoms with Crippen LogP contribution < -0.4 is 10.6 Å². The SMILES string of the molecule is CC1(C)c2ccccc2-c2cc(-c3cc(-c4ccc5c(c4)-c4ccccc4C5(C)C)cc(C4N=C(c5ccccc5)NC(c5ccc(-c6ccccc6)cc5)N4)c3)ccc21. The molecule has 290 valence electrons. The fraction of sp³-hybridized carbons (Fsp3) is 0.140. The zero-order chi connectivity index (χ0) is 40.6. The first-order valence-electron chi connectivity index (χ1n) is 21.2. The van der Waals surface area contributed by atoms with Gasteiger partial charge in [-0.25, -0.2) is 4.99 Å². The molecule has 0 saturated heterocycles. The zero-order valence-corrected chi connectivity index (χ0v) is 34.5. The lowest BCUT2D eigenvalue weighted by Crippen LogP contribution is -2.44. The van der Waals surface area contributed by atoms with Crippen molar-refractivity contribution < 1.29 is 0 Å². The van der Waals surface area contributed by atoms with Gasteiger partial charge in [0, 0.05) is 16.4 Å². The molecule has 1 heterocycles. The standard InChI is InChI=1S/C57H47N3/c1-56(2)49-21-13-11-19-45(49)47-34-40(27-29-51(47)56)42-31-43(41-28-30-52-48(35-41)46-20-12-14-22-50(46)57(52,3)4)33-44(32-42)55-59-53(38-17-9-6-10-18-38)58-54(60-55)39-25-23-37(24-26-39)36-15-7-5-8-16-36/h5-35,54-55,60H,1-4H3,(H,58,59). The van der Waals surface area contributed by atoms with Gasteiger partial charge < -0.3 is 5.32 Å². The van der Waals surface area contributed by atoms with Crippen LogP contribution >= 0.6 is 0 Å². The van der Waals surface area contributed by atoms with Crippen molar-refractivity contribution in [3.05, 3.63) is 227 Å². The molecular weight excluding hydrogens is 727 g/mol. The molecule has 0 aromatic heterocycles. The minimum absolute atomic E-state index is 0.0537. The van der Waals surface area contributed by atoms with Crippen LogP contribution in [0.25, 0.3) is 55.6 Å². The van der Waals surface area contributed by atoms with Crippen LogP contribution in [-0.2, 0) is 10.8 Å². The Kier molecular flexibility index (Phi) is 8.41. The van der Waals surface area contributed by atoms with Gasteiger partial charge in [0.1, 0.15) is 18.2 Å². The van der Waals surface area contributed by atoms with Crippen LogP contribution in [0.2, 0.25) is 0 Å². The predicted molar refractivity (Wildman–Crippen MR) is 249 cm³/mol. The van der Waals surface area contributed by atoms with Gasteiger partial charge in [-0.1, -0.05) is 185 Å². The van der Waals surface area contributed by atoms with E-state index in [0.717, 1.165) is 22.5 Å². The number of aliphatic imine (C=N–C) groups is 1. The van der Waals surface area contributed by atoms with E-state index in [1.54, 1.807) is 0 Å². The van der Waals surface area contributed by atoms with Crippen molar-refractivity contribution in [3.8, 4) is 55.6 Å². The lowest BCUT2D eigenvalue weighted by Gasteiger charge is -2.32. The van der Waals surface area contributed by atoms with Gasteiger partial charge in [-0.3, -0.25) is 5.32 Å². The first-order valence-corrected chi connectivity index (χ1v) is 21.2. The number of benzene rings is 8. The van der Waals surface area contributed by atoms with Crippen LogP contribution in [0.5, 0.6) is 0 Å². The molecule has 2 unspecified atom stereocenters. The average molecular weight is 774 g/mol. The molecular formula is C57H47N3. The molecule has 0 radical (unpaired) electrons. The monoisotopic (exact) mass is 773 g/mol. The number of rotatable bonds is 6. The van der Waals surface area contributed by atoms with Crippen molar-refractivity contribution in [3.63, 3.8) is 0 Å². The molecule has 2 N–H and O–H groups in total. The Hall–Kier alpha value is -6.81. The van der Waals surface area contributed by atoms with Crippen LogP contribution in [0.4, 0.5) is 0 Å². The molecule has 0 bridgehead atoms. The second kappa shape index (κ2) is 13.9. The van der Waals surface area contributed by atoms with Gasteiger partial charge in [-0.05, 0) is 119 Å². The predicted octanol–water partition coefficient (Wildman–Crippen LogP) is 13.6. The summed E-state index contributed by atoms with van der Waals surface area (Å²) in [5.74, 6) is 0.871. The number of nitrogens with one attached hydrogen (secondary N) is 2. The number of hydrogen-bond acceptors (Lipinski definition) is 3. The van der Waals surface area contributed by atoms with Gasteiger partial charge in [0.15, 0.2) is 0 Å². The second-order valence-electron chi connectivity index (χ2n) is 17.7. The Labute approximate surface area is 353 Å². The van der Waals surface area contributed by atoms with Crippen molar-refractivity contribution in [2.75, 3.05) is 0 Å². The Balaban J connectivity index is 1.06. The van der Waals surface area contributed by atoms with E-state index in [0.29, 0.717) is 0 Å². The Morgan fingerprint density at radius 1 is 0.367 bits per heavy atom. The van der Waals surface area contributed by atoms with E-state index in [-0.39, 0.29) is 23.2 Å². The molecule has 0 amide bonds. The number of fused-ring (bicyclic) bond motifs is 6. The normalized spacial score (nSPS) is 17.8. The van der Waals surface area contributed by atoms with E-state index < -0.39 is 0 Å². The fourth-order valence-electron chi connectivity index (χ4n) is 10.1. The molecule has 1 aliphatic heterocycles. The maximum absolute atomic E-state index is 5.44. The highest BCUT2D eigenvalue weighted by atomic mass is 15.3. The van der Waals surface area contributed by atoms with Crippen LogP contribution in [0.3, 0.4) is 0 Å². The summed E-state index contributed by atoms with van der Waals surface area (Å²) in [6.45, 7) is 9.39. The van der Waals surface area contributed by atoms with E-state index in [1.807, 2.05) is 0 Å². The van der Waals surface area contributed by atoms with E-state index in [2.05, 4.69) is 226 Å². The number of hydrogen-bond donors (Lipinski definition) is 2. The topological polar surface area (TPSA) is 36.4 Å². The minimum atomic E-state index is -0.317. The molecule has 3 nitrogen and oxygen atoms in total. The average Bonchev–Trinajstić information content (AvgIpc) is 3.68. The third kappa shape index (κ3) is 5.95. The van der Waals surface area contributed by atoms with Gasteiger partial charge in [0.25, 0.3) is 0 Å². The van der Waals surface area contributed by atoms with Gasteiger partial charge in [0.05, 0.1) is 0 Å². The summed E-state index contributed by atoms with van der Waals surface area (Å²) in [6.07, 6.45) is -0.487. The summed E-state index contributed by atoms with van der Waals surface area (Å²) in [5, 5.41) is 7.70. The molecule has 2 aliphatic carbocycles. The summed E-state index contributed by atoms with van der Waals surface area (Å²) in [6, 6.07) is 69.1. The van der Waals surface area contributed by atoms with Crippen LogP contribution in [0.15, 0.2) is 193 Å². The van der Waals surface area contributed by atoms with Crippen LogP contribution in [0.1, 0.15) is 79.0 Å². The van der Waals surface area contributed by atoms with E-state index >= 15 is 0 Å². The molecule has 8 aromatic rings. The Bertz CT molecular complexity index is 2850. The maximum Gasteiger partial charge on any atom is 0.131 e. The van der Waals surface area contributed by atoms with Gasteiger partial charge in [-0.15, -0.1) is 0 Å². The largest absolute Gasteiger partial charge is 0.350 e. The molecule has 3 heteroatoms. The lowest BCUT2D eigenvalue weighted by molar-refractivity contribution is 0.409. The molecule has 0 saturated carbocycles. The van der Waals surface area contributed by atoms with Crippen molar-refractivity contribution >= 4 is 5.84 Å². The number of amidine groups is 1. The van der Waals surface area contributed by atoms with Crippen molar-refractivity contribution in [2.24, 2.45) is 4.99 Å². The third-order valence-corrected chi connectivity index (χ3v) is 13.4. The highest BCUT2D eigenvalue weighted by Gasteiger charge is 2.37. The quantitative estimate of drug-likeness (QED) is 0.177.